The van der Waals surface area contributed by atoms with Crippen molar-refractivity contribution in [2.75, 3.05) is 12.4 Å². The van der Waals surface area contributed by atoms with Crippen LogP contribution in [-0.2, 0) is 14.3 Å². The number of methoxy groups -OCH3 is 1. The van der Waals surface area contributed by atoms with Crippen molar-refractivity contribution in [1.82, 2.24) is 9.97 Å². The fourth-order valence-corrected chi connectivity index (χ4v) is 3.72. The molecule has 6 heteroatoms. The Labute approximate surface area is 153 Å². The van der Waals surface area contributed by atoms with E-state index < -0.39 is 5.97 Å². The summed E-state index contributed by atoms with van der Waals surface area (Å²) < 4.78 is 4.59. The van der Waals surface area contributed by atoms with Crippen LogP contribution in [0.4, 0.5) is 5.95 Å². The second kappa shape index (κ2) is 7.32. The Morgan fingerprint density at radius 1 is 1.31 bits per heavy atom. The number of ether oxygens (including phenoxy) is 1. The van der Waals surface area contributed by atoms with E-state index in [9.17, 15) is 9.59 Å². The van der Waals surface area contributed by atoms with Crippen LogP contribution in [0.3, 0.4) is 0 Å². The highest BCUT2D eigenvalue weighted by atomic mass is 16.5. The number of H-pyrrole nitrogens is 1. The van der Waals surface area contributed by atoms with Crippen molar-refractivity contribution in [3.8, 4) is 0 Å². The van der Waals surface area contributed by atoms with E-state index >= 15 is 0 Å². The lowest BCUT2D eigenvalue weighted by Crippen LogP contribution is -2.38. The number of hydrogen-bond donors (Lipinski definition) is 2. The second-order valence-corrected chi connectivity index (χ2v) is 7.19. The first-order valence-corrected chi connectivity index (χ1v) is 9.02. The molecule has 3 rings (SSSR count). The molecule has 0 aliphatic heterocycles. The van der Waals surface area contributed by atoms with Gasteiger partial charge >= 0.3 is 5.97 Å². The van der Waals surface area contributed by atoms with Gasteiger partial charge in [-0.05, 0) is 42.5 Å². The standard InChI is InChI=1S/C20H25N3O3/c1-13(2)20(10-4-5-11-20)18(25)23-19-21-15-8-6-14(12-16(15)22-19)7-9-17(24)26-3/h6-9,12-13H,4-5,10-11H2,1-3H3,(H2,21,22,23,25)/b9-7+. The van der Waals surface area contributed by atoms with Crippen LogP contribution >= 0.6 is 0 Å². The minimum atomic E-state index is -0.407. The van der Waals surface area contributed by atoms with Gasteiger partial charge in [0.05, 0.1) is 23.6 Å². The first-order valence-electron chi connectivity index (χ1n) is 9.02. The Balaban J connectivity index is 1.80. The summed E-state index contributed by atoms with van der Waals surface area (Å²) in [6.45, 7) is 4.23. The molecule has 0 radical (unpaired) electrons. The number of esters is 1. The molecule has 2 N–H and O–H groups in total. The number of aromatic amines is 1. The molecule has 1 aromatic heterocycles. The molecule has 1 amide bonds. The number of rotatable bonds is 5. The van der Waals surface area contributed by atoms with Gasteiger partial charge in [0.15, 0.2) is 0 Å². The molecule has 138 valence electrons. The number of hydrogen-bond acceptors (Lipinski definition) is 4. The number of nitrogens with zero attached hydrogens (tertiary/aromatic N) is 1. The lowest BCUT2D eigenvalue weighted by atomic mass is 9.75. The highest BCUT2D eigenvalue weighted by Crippen LogP contribution is 2.45. The predicted molar refractivity (Wildman–Crippen MR) is 102 cm³/mol. The number of nitrogens with one attached hydrogen (secondary N) is 2. The SMILES string of the molecule is COC(=O)/C=C/c1ccc2[nH]c(NC(=O)C3(C(C)C)CCCC3)nc2c1. The van der Waals surface area contributed by atoms with Crippen LogP contribution in [0.2, 0.25) is 0 Å². The summed E-state index contributed by atoms with van der Waals surface area (Å²) in [4.78, 5) is 31.7. The van der Waals surface area contributed by atoms with E-state index in [4.69, 9.17) is 0 Å². The molecule has 1 aliphatic rings. The van der Waals surface area contributed by atoms with Crippen molar-refractivity contribution in [2.24, 2.45) is 11.3 Å². The Morgan fingerprint density at radius 2 is 2.04 bits per heavy atom. The molecule has 1 saturated carbocycles. The predicted octanol–water partition coefficient (Wildman–Crippen LogP) is 3.90. The summed E-state index contributed by atoms with van der Waals surface area (Å²) in [7, 11) is 1.34. The quantitative estimate of drug-likeness (QED) is 0.629. The summed E-state index contributed by atoms with van der Waals surface area (Å²) >= 11 is 0. The normalized spacial score (nSPS) is 16.5. The van der Waals surface area contributed by atoms with Crippen LogP contribution in [-0.4, -0.2) is 29.0 Å². The van der Waals surface area contributed by atoms with E-state index in [1.165, 1.54) is 13.2 Å². The first kappa shape index (κ1) is 18.2. The maximum atomic E-state index is 12.9. The van der Waals surface area contributed by atoms with E-state index in [2.05, 4.69) is 33.9 Å². The lowest BCUT2D eigenvalue weighted by Gasteiger charge is -2.31. The van der Waals surface area contributed by atoms with Crippen molar-refractivity contribution in [2.45, 2.75) is 39.5 Å². The zero-order valence-electron chi connectivity index (χ0n) is 15.5. The van der Waals surface area contributed by atoms with Crippen LogP contribution in [0.15, 0.2) is 24.3 Å². The summed E-state index contributed by atoms with van der Waals surface area (Å²) in [5.74, 6) is 0.404. The van der Waals surface area contributed by atoms with Crippen LogP contribution in [0.1, 0.15) is 45.1 Å². The first-order chi connectivity index (χ1) is 12.4. The number of carbonyl (C=O) groups excluding carboxylic acids is 2. The topological polar surface area (TPSA) is 84.1 Å². The van der Waals surface area contributed by atoms with Crippen molar-refractivity contribution < 1.29 is 14.3 Å². The highest BCUT2D eigenvalue weighted by molar-refractivity contribution is 5.96. The van der Waals surface area contributed by atoms with Gasteiger partial charge in [-0.1, -0.05) is 32.8 Å². The number of aromatic nitrogens is 2. The molecule has 1 fully saturated rings. The maximum Gasteiger partial charge on any atom is 0.330 e. The number of amides is 1. The zero-order chi connectivity index (χ0) is 18.7. The van der Waals surface area contributed by atoms with Crippen LogP contribution < -0.4 is 5.32 Å². The average molecular weight is 355 g/mol. The van der Waals surface area contributed by atoms with E-state index in [1.54, 1.807) is 6.08 Å². The summed E-state index contributed by atoms with van der Waals surface area (Å²) in [6, 6.07) is 5.61. The van der Waals surface area contributed by atoms with Crippen molar-refractivity contribution in [1.29, 1.82) is 0 Å². The molecule has 6 nitrogen and oxygen atoms in total. The van der Waals surface area contributed by atoms with E-state index in [1.807, 2.05) is 18.2 Å². The van der Waals surface area contributed by atoms with Gasteiger partial charge in [0.25, 0.3) is 0 Å². The number of carbonyl (C=O) groups is 2. The molecular formula is C20H25N3O3. The zero-order valence-corrected chi connectivity index (χ0v) is 15.5. The second-order valence-electron chi connectivity index (χ2n) is 7.19. The fourth-order valence-electron chi connectivity index (χ4n) is 3.72. The minimum absolute atomic E-state index is 0.0508. The van der Waals surface area contributed by atoms with Crippen LogP contribution in [0.25, 0.3) is 17.1 Å². The monoisotopic (exact) mass is 355 g/mol. The van der Waals surface area contributed by atoms with Crippen molar-refractivity contribution >= 4 is 34.9 Å². The molecule has 1 heterocycles. The molecule has 1 aromatic carbocycles. The van der Waals surface area contributed by atoms with Gasteiger partial charge in [0.1, 0.15) is 0 Å². The smallest absolute Gasteiger partial charge is 0.330 e. The third kappa shape index (κ3) is 3.49. The van der Waals surface area contributed by atoms with Crippen molar-refractivity contribution in [3.05, 3.63) is 29.8 Å². The summed E-state index contributed by atoms with van der Waals surface area (Å²) in [6.07, 6.45) is 7.09. The number of imidazole rings is 1. The van der Waals surface area contributed by atoms with Gasteiger partial charge in [0.2, 0.25) is 11.9 Å². The van der Waals surface area contributed by atoms with Crippen molar-refractivity contribution in [3.63, 3.8) is 0 Å². The Kier molecular flexibility index (Phi) is 5.11. The molecular weight excluding hydrogens is 330 g/mol. The average Bonchev–Trinajstić information content (AvgIpc) is 3.26. The largest absolute Gasteiger partial charge is 0.466 e. The fraction of sp³-hybridized carbons (Fsp3) is 0.450. The molecule has 0 unspecified atom stereocenters. The third-order valence-electron chi connectivity index (χ3n) is 5.41. The Morgan fingerprint density at radius 3 is 2.69 bits per heavy atom. The molecule has 0 atom stereocenters. The Hall–Kier alpha value is -2.63. The number of fused-ring (bicyclic) bond motifs is 1. The number of anilines is 1. The third-order valence-corrected chi connectivity index (χ3v) is 5.41. The van der Waals surface area contributed by atoms with Crippen LogP contribution in [0.5, 0.6) is 0 Å². The van der Waals surface area contributed by atoms with Gasteiger partial charge < -0.3 is 9.72 Å². The maximum absolute atomic E-state index is 12.9. The van der Waals surface area contributed by atoms with Crippen LogP contribution in [0, 0.1) is 11.3 Å². The molecule has 1 aliphatic carbocycles. The molecule has 0 bridgehead atoms. The summed E-state index contributed by atoms with van der Waals surface area (Å²) in [5.41, 5.74) is 2.10. The van der Waals surface area contributed by atoms with Gasteiger partial charge in [-0.2, -0.15) is 0 Å². The lowest BCUT2D eigenvalue weighted by molar-refractivity contribution is -0.134. The Bertz CT molecular complexity index is 845. The van der Waals surface area contributed by atoms with Gasteiger partial charge in [-0.25, -0.2) is 9.78 Å². The highest BCUT2D eigenvalue weighted by Gasteiger charge is 2.43. The molecule has 0 saturated heterocycles. The minimum Gasteiger partial charge on any atom is -0.466 e. The molecule has 2 aromatic rings. The van der Waals surface area contributed by atoms with E-state index in [0.29, 0.717) is 11.9 Å². The van der Waals surface area contributed by atoms with Gasteiger partial charge in [-0.3, -0.25) is 10.1 Å². The molecule has 0 spiro atoms. The van der Waals surface area contributed by atoms with E-state index in [-0.39, 0.29) is 11.3 Å². The van der Waals surface area contributed by atoms with Gasteiger partial charge in [0, 0.05) is 6.08 Å². The summed E-state index contributed by atoms with van der Waals surface area (Å²) in [5, 5.41) is 2.98. The molecule has 26 heavy (non-hydrogen) atoms. The van der Waals surface area contributed by atoms with E-state index in [0.717, 1.165) is 42.3 Å². The number of benzene rings is 1. The van der Waals surface area contributed by atoms with Gasteiger partial charge in [-0.15, -0.1) is 0 Å².